The van der Waals surface area contributed by atoms with Gasteiger partial charge in [-0.2, -0.15) is 0 Å². The summed E-state index contributed by atoms with van der Waals surface area (Å²) in [4.78, 5) is 0. The summed E-state index contributed by atoms with van der Waals surface area (Å²) in [5, 5.41) is 21.2. The van der Waals surface area contributed by atoms with E-state index in [4.69, 9.17) is 9.47 Å². The Morgan fingerprint density at radius 3 is 0.962 bits per heavy atom. The van der Waals surface area contributed by atoms with Crippen molar-refractivity contribution in [1.82, 2.24) is 0 Å². The molecule has 0 heterocycles. The van der Waals surface area contributed by atoms with Gasteiger partial charge in [0.05, 0.1) is 14.2 Å². The molecule has 2 N–H and O–H groups in total. The molecule has 4 heteroatoms. The van der Waals surface area contributed by atoms with Crippen LogP contribution in [0.2, 0.25) is 0 Å². The highest BCUT2D eigenvalue weighted by Crippen LogP contribution is 2.48. The highest BCUT2D eigenvalue weighted by molar-refractivity contribution is 5.66. The molecule has 0 aliphatic carbocycles. The molecule has 0 atom stereocenters. The number of allylic oxidation sites excluding steroid dienone is 16. The van der Waals surface area contributed by atoms with Crippen molar-refractivity contribution in [2.75, 3.05) is 14.2 Å². The molecule has 0 amide bonds. The number of rotatable bonds is 25. The van der Waals surface area contributed by atoms with Gasteiger partial charge in [0.15, 0.2) is 11.5 Å². The lowest BCUT2D eigenvalue weighted by Crippen LogP contribution is -1.98. The summed E-state index contributed by atoms with van der Waals surface area (Å²) in [6.07, 6.45) is 35.1. The third kappa shape index (κ3) is 20.4. The van der Waals surface area contributed by atoms with Gasteiger partial charge < -0.3 is 19.7 Å². The number of phenolic OH excluding ortho intramolecular Hbond substituents is 2. The fraction of sp³-hybridized carbons (Fsp3) is 0.551. The second-order valence-corrected chi connectivity index (χ2v) is 15.5. The van der Waals surface area contributed by atoms with E-state index in [1.807, 2.05) is 0 Å². The van der Waals surface area contributed by atoms with Gasteiger partial charge in [-0.3, -0.25) is 0 Å². The average molecular weight is 729 g/mol. The van der Waals surface area contributed by atoms with E-state index in [0.717, 1.165) is 77.0 Å². The maximum atomic E-state index is 10.7. The van der Waals surface area contributed by atoms with Crippen molar-refractivity contribution in [2.24, 2.45) is 0 Å². The summed E-state index contributed by atoms with van der Waals surface area (Å²) in [5.74, 6) is 0.357. The zero-order valence-corrected chi connectivity index (χ0v) is 35.9. The first kappa shape index (κ1) is 47.4. The first-order valence-corrected chi connectivity index (χ1v) is 20.1. The van der Waals surface area contributed by atoms with Gasteiger partial charge in [-0.05, 0) is 166 Å². The minimum Gasteiger partial charge on any atom is -0.504 e. The molecule has 0 bridgehead atoms. The van der Waals surface area contributed by atoms with Crippen molar-refractivity contribution < 1.29 is 19.7 Å². The van der Waals surface area contributed by atoms with Crippen molar-refractivity contribution in [3.8, 4) is 23.0 Å². The molecule has 0 radical (unpaired) electrons. The minimum absolute atomic E-state index is 0.00661. The molecule has 1 aromatic carbocycles. The Labute approximate surface area is 325 Å². The summed E-state index contributed by atoms with van der Waals surface area (Å²) in [6.45, 7) is 21.9. The van der Waals surface area contributed by atoms with Crippen LogP contribution in [-0.4, -0.2) is 24.4 Å². The van der Waals surface area contributed by atoms with Crippen molar-refractivity contribution in [2.45, 2.75) is 166 Å². The molecular formula is C49H76O4. The number of benzene rings is 1. The summed E-state index contributed by atoms with van der Waals surface area (Å²) < 4.78 is 10.5. The Bertz CT molecular complexity index is 1520. The van der Waals surface area contributed by atoms with Crippen molar-refractivity contribution in [1.29, 1.82) is 0 Å². The smallest absolute Gasteiger partial charge is 0.207 e. The molecule has 296 valence electrons. The van der Waals surface area contributed by atoms with Crippen molar-refractivity contribution in [3.05, 3.63) is 104 Å². The minimum atomic E-state index is 0.00661. The van der Waals surface area contributed by atoms with Crippen molar-refractivity contribution in [3.63, 3.8) is 0 Å². The van der Waals surface area contributed by atoms with E-state index in [2.05, 4.69) is 111 Å². The summed E-state index contributed by atoms with van der Waals surface area (Å²) in [5.41, 5.74) is 12.9. The highest BCUT2D eigenvalue weighted by Gasteiger charge is 2.22. The van der Waals surface area contributed by atoms with E-state index in [9.17, 15) is 10.2 Å². The number of aromatic hydroxyl groups is 2. The summed E-state index contributed by atoms with van der Waals surface area (Å²) in [7, 11) is 2.91. The van der Waals surface area contributed by atoms with Gasteiger partial charge in [0.1, 0.15) is 0 Å². The van der Waals surface area contributed by atoms with E-state index in [0.29, 0.717) is 17.5 Å². The largest absolute Gasteiger partial charge is 0.504 e. The topological polar surface area (TPSA) is 58.9 Å². The van der Waals surface area contributed by atoms with Crippen LogP contribution in [0.15, 0.2) is 93.2 Å². The van der Waals surface area contributed by atoms with Crippen LogP contribution in [0.5, 0.6) is 23.0 Å². The van der Waals surface area contributed by atoms with Gasteiger partial charge >= 0.3 is 0 Å². The second-order valence-electron chi connectivity index (χ2n) is 15.5. The number of methoxy groups -OCH3 is 2. The molecule has 4 nitrogen and oxygen atoms in total. The Balaban J connectivity index is 2.36. The lowest BCUT2D eigenvalue weighted by molar-refractivity contribution is 0.314. The molecule has 0 saturated heterocycles. The Morgan fingerprint density at radius 1 is 0.415 bits per heavy atom. The molecular weight excluding hydrogens is 653 g/mol. The third-order valence-corrected chi connectivity index (χ3v) is 10.1. The first-order chi connectivity index (χ1) is 25.2. The third-order valence-electron chi connectivity index (χ3n) is 10.1. The summed E-state index contributed by atoms with van der Waals surface area (Å²) in [6, 6.07) is 0. The van der Waals surface area contributed by atoms with Gasteiger partial charge in [-0.15, -0.1) is 0 Å². The molecule has 0 aliphatic heterocycles. The highest BCUT2D eigenvalue weighted by atomic mass is 16.5. The van der Waals surface area contributed by atoms with Gasteiger partial charge in [-0.1, -0.05) is 93.2 Å². The van der Waals surface area contributed by atoms with E-state index in [1.54, 1.807) is 6.92 Å². The molecule has 0 saturated carbocycles. The predicted molar refractivity (Wildman–Crippen MR) is 232 cm³/mol. The molecule has 0 aromatic heterocycles. The van der Waals surface area contributed by atoms with E-state index >= 15 is 0 Å². The normalized spacial score (nSPS) is 13.8. The monoisotopic (exact) mass is 729 g/mol. The number of hydrogen-bond acceptors (Lipinski definition) is 4. The van der Waals surface area contributed by atoms with Gasteiger partial charge in [0, 0.05) is 11.1 Å². The molecule has 53 heavy (non-hydrogen) atoms. The van der Waals surface area contributed by atoms with Crippen LogP contribution in [0.4, 0.5) is 0 Å². The predicted octanol–water partition coefficient (Wildman–Crippen LogP) is 15.0. The lowest BCUT2D eigenvalue weighted by Gasteiger charge is -2.17. The second kappa shape index (κ2) is 27.0. The molecule has 0 aliphatic rings. The van der Waals surface area contributed by atoms with E-state index in [-0.39, 0.29) is 23.0 Å². The van der Waals surface area contributed by atoms with E-state index in [1.165, 1.54) is 71.6 Å². The summed E-state index contributed by atoms with van der Waals surface area (Å²) >= 11 is 0. The fourth-order valence-electron chi connectivity index (χ4n) is 6.33. The average Bonchev–Trinajstić information content (AvgIpc) is 3.09. The number of phenols is 2. The van der Waals surface area contributed by atoms with Gasteiger partial charge in [0.25, 0.3) is 0 Å². The first-order valence-electron chi connectivity index (χ1n) is 20.1. The molecule has 0 unspecified atom stereocenters. The Hall–Kier alpha value is -3.66. The molecule has 1 rings (SSSR count). The number of ether oxygens (including phenoxy) is 2. The lowest BCUT2D eigenvalue weighted by atomic mass is 9.99. The number of hydrogen-bond donors (Lipinski definition) is 2. The van der Waals surface area contributed by atoms with Crippen LogP contribution in [0.1, 0.15) is 163 Å². The molecule has 0 fully saturated rings. The van der Waals surface area contributed by atoms with E-state index < -0.39 is 0 Å². The fourth-order valence-corrected chi connectivity index (χ4v) is 6.33. The Morgan fingerprint density at radius 2 is 0.679 bits per heavy atom. The molecule has 0 spiro atoms. The Kier molecular flexibility index (Phi) is 24.1. The quantitative estimate of drug-likeness (QED) is 0.0777. The SMILES string of the molecule is COc1c(O)c(C)c(C/C=C(\C)CC/C=C(\C)CC/C=C(\C)CC/C=C(\C)CC/C=C(\C)CC/C=C(\C)CC/C=C(\C)CCC=C(C)C)c(O)c1OC. The maximum absolute atomic E-state index is 10.7. The van der Waals surface area contributed by atoms with Gasteiger partial charge in [0.2, 0.25) is 11.5 Å². The zero-order valence-electron chi connectivity index (χ0n) is 35.9. The zero-order chi connectivity index (χ0) is 39.8. The van der Waals surface area contributed by atoms with Crippen LogP contribution in [0, 0.1) is 6.92 Å². The van der Waals surface area contributed by atoms with Crippen LogP contribution >= 0.6 is 0 Å². The van der Waals surface area contributed by atoms with Crippen LogP contribution in [0.25, 0.3) is 0 Å². The maximum Gasteiger partial charge on any atom is 0.207 e. The molecule has 1 aromatic rings. The van der Waals surface area contributed by atoms with Gasteiger partial charge in [-0.25, -0.2) is 0 Å². The van der Waals surface area contributed by atoms with Crippen LogP contribution in [-0.2, 0) is 6.42 Å². The van der Waals surface area contributed by atoms with Crippen molar-refractivity contribution >= 4 is 0 Å². The van der Waals surface area contributed by atoms with Crippen LogP contribution < -0.4 is 9.47 Å². The van der Waals surface area contributed by atoms with Crippen LogP contribution in [0.3, 0.4) is 0 Å². The standard InChI is InChI=1S/C49H76O4/c1-36(2)20-13-21-37(3)22-14-23-38(4)24-15-25-39(5)26-16-27-40(6)28-17-29-41(7)30-18-31-42(8)32-19-33-43(9)34-35-45-44(10)46(50)48(52-11)49(53-12)47(45)51/h20,22,24,26,28,30,32,34,50-51H,13-19,21,23,25,27,29,31,33,35H2,1-12H3/b37-22+,38-24+,39-26+,40-28+,41-30+,42-32+,43-34+.